The predicted octanol–water partition coefficient (Wildman–Crippen LogP) is 7.34. The van der Waals surface area contributed by atoms with Gasteiger partial charge in [0.2, 0.25) is 0 Å². The number of Topliss-reactive ketones (excluding diaryl/α,β-unsaturated/α-hetero) is 1. The summed E-state index contributed by atoms with van der Waals surface area (Å²) in [6.45, 7) is 3.50. The number of ketones is 1. The van der Waals surface area contributed by atoms with E-state index >= 15 is 0 Å². The Balaban J connectivity index is 0.000000292. The summed E-state index contributed by atoms with van der Waals surface area (Å²) in [5.74, 6) is -0.0384. The monoisotopic (exact) mass is 763 g/mol. The number of alkyl halides is 6. The van der Waals surface area contributed by atoms with Crippen molar-refractivity contribution in [1.29, 1.82) is 0 Å². The summed E-state index contributed by atoms with van der Waals surface area (Å²) in [5, 5.41) is 23.4. The van der Waals surface area contributed by atoms with Gasteiger partial charge >= 0.3 is 12.4 Å². The molecule has 0 atom stereocenters. The first-order chi connectivity index (χ1) is 22.8. The lowest BCUT2D eigenvalue weighted by molar-refractivity contribution is -0.141. The number of benzene rings is 1. The van der Waals surface area contributed by atoms with Crippen LogP contribution in [0.1, 0.15) is 45.9 Å². The quantitative estimate of drug-likeness (QED) is 0.163. The number of aromatic nitrogens is 8. The molecule has 19 heteroatoms. The third-order valence-corrected chi connectivity index (χ3v) is 7.40. The molecule has 5 rings (SSSR count). The lowest BCUT2D eigenvalue weighted by Crippen LogP contribution is -2.10. The Labute approximate surface area is 298 Å². The number of carbonyl (C=O) groups is 1. The van der Waals surface area contributed by atoms with E-state index in [4.69, 9.17) is 28.9 Å². The van der Waals surface area contributed by atoms with Crippen LogP contribution in [-0.4, -0.2) is 45.7 Å². The maximum absolute atomic E-state index is 13.2. The molecule has 0 saturated heterocycles. The number of hydrogen-bond acceptors (Lipinski definition) is 8. The molecule has 0 saturated carbocycles. The second kappa shape index (κ2) is 16.3. The summed E-state index contributed by atoms with van der Waals surface area (Å²) in [6, 6.07) is 8.20. The largest absolute Gasteiger partial charge is 0.435 e. The number of rotatable bonds is 8. The standard InChI is InChI=1S/C20H17Cl2F3N4O.C11H12F3N5.ClH/c1-11-5-15(3-4-16(30)8-12-6-13(21)9-14(22)7-12)26-27-18(11)17-10-29(2)28-19(17)20(23,24)25;1-6-3-7(4-15)16-17-9(6)8-5-19(2)18-10(8)11(12,13)14;/h5-7,9-10H,3-4,8H2,1-2H3;3,5H,4,15H2,1-2H3;1H. The van der Waals surface area contributed by atoms with Crippen molar-refractivity contribution in [1.82, 2.24) is 40.0 Å². The van der Waals surface area contributed by atoms with E-state index < -0.39 is 23.7 Å². The van der Waals surface area contributed by atoms with Gasteiger partial charge in [0, 0.05) is 55.9 Å². The minimum absolute atomic E-state index is 0. The van der Waals surface area contributed by atoms with Gasteiger partial charge in [-0.2, -0.15) is 46.7 Å². The summed E-state index contributed by atoms with van der Waals surface area (Å²) in [7, 11) is 2.84. The normalized spacial score (nSPS) is 11.5. The molecule has 5 aromatic rings. The average Bonchev–Trinajstić information content (AvgIpc) is 3.58. The number of carbonyl (C=O) groups excluding carboxylic acids is 1. The molecule has 0 aliphatic heterocycles. The number of nitrogens with zero attached hydrogens (tertiary/aromatic N) is 8. The van der Waals surface area contributed by atoms with Crippen LogP contribution < -0.4 is 5.73 Å². The summed E-state index contributed by atoms with van der Waals surface area (Å²) >= 11 is 11.9. The number of hydrogen-bond donors (Lipinski definition) is 1. The SMILES string of the molecule is Cc1cc(CCC(=O)Cc2cc(Cl)cc(Cl)c2)nnc1-c1cn(C)nc1C(F)(F)F.Cc1cc(CN)nnc1-c1cn(C)nc1C(F)(F)F.Cl. The van der Waals surface area contributed by atoms with Crippen LogP contribution in [0.25, 0.3) is 22.5 Å². The molecular formula is C31H30Cl3F6N9O. The highest BCUT2D eigenvalue weighted by Crippen LogP contribution is 2.37. The first-order valence-corrected chi connectivity index (χ1v) is 15.2. The Morgan fingerprint density at radius 2 is 1.18 bits per heavy atom. The molecule has 2 N–H and O–H groups in total. The van der Waals surface area contributed by atoms with E-state index in [1.54, 1.807) is 44.2 Å². The van der Waals surface area contributed by atoms with Gasteiger partial charge in [-0.05, 0) is 67.3 Å². The van der Waals surface area contributed by atoms with Crippen LogP contribution in [-0.2, 0) is 50.6 Å². The molecule has 0 fully saturated rings. The van der Waals surface area contributed by atoms with Crippen LogP contribution in [0, 0.1) is 13.8 Å². The van der Waals surface area contributed by atoms with Gasteiger partial charge in [0.1, 0.15) is 5.78 Å². The van der Waals surface area contributed by atoms with E-state index in [1.807, 2.05) is 0 Å². The van der Waals surface area contributed by atoms with Gasteiger partial charge in [-0.3, -0.25) is 14.2 Å². The first-order valence-electron chi connectivity index (χ1n) is 14.4. The molecule has 0 aliphatic rings. The van der Waals surface area contributed by atoms with Crippen LogP contribution in [0.4, 0.5) is 26.3 Å². The molecule has 1 aromatic carbocycles. The number of halogens is 9. The van der Waals surface area contributed by atoms with Crippen LogP contribution in [0.15, 0.2) is 42.7 Å². The maximum Gasteiger partial charge on any atom is 0.435 e. The Morgan fingerprint density at radius 1 is 0.740 bits per heavy atom. The topological polar surface area (TPSA) is 130 Å². The van der Waals surface area contributed by atoms with Crippen molar-refractivity contribution in [3.63, 3.8) is 0 Å². The van der Waals surface area contributed by atoms with Crippen LogP contribution in [0.2, 0.25) is 10.0 Å². The fourth-order valence-electron chi connectivity index (χ4n) is 4.87. The van der Waals surface area contributed by atoms with E-state index in [1.165, 1.54) is 26.5 Å². The fourth-order valence-corrected chi connectivity index (χ4v) is 5.45. The van der Waals surface area contributed by atoms with Gasteiger partial charge in [0.15, 0.2) is 11.4 Å². The van der Waals surface area contributed by atoms with E-state index in [-0.39, 0.29) is 60.1 Å². The summed E-state index contributed by atoms with van der Waals surface area (Å²) < 4.78 is 80.5. The third-order valence-electron chi connectivity index (χ3n) is 6.97. The van der Waals surface area contributed by atoms with Gasteiger partial charge in [0.25, 0.3) is 0 Å². The van der Waals surface area contributed by atoms with Crippen molar-refractivity contribution < 1.29 is 31.1 Å². The third kappa shape index (κ3) is 10.2. The van der Waals surface area contributed by atoms with Crippen LogP contribution in [0.3, 0.4) is 0 Å². The molecule has 4 heterocycles. The van der Waals surface area contributed by atoms with E-state index in [9.17, 15) is 31.1 Å². The molecule has 0 amide bonds. The molecule has 50 heavy (non-hydrogen) atoms. The fraction of sp³-hybridized carbons (Fsp3) is 0.323. The van der Waals surface area contributed by atoms with Crippen molar-refractivity contribution in [2.45, 2.75) is 52.0 Å². The summed E-state index contributed by atoms with van der Waals surface area (Å²) in [4.78, 5) is 12.3. The van der Waals surface area contributed by atoms with Gasteiger partial charge in [-0.15, -0.1) is 22.6 Å². The molecule has 0 bridgehead atoms. The first kappa shape index (κ1) is 40.3. The lowest BCUT2D eigenvalue weighted by atomic mass is 10.0. The molecule has 0 spiro atoms. The highest BCUT2D eigenvalue weighted by molar-refractivity contribution is 6.34. The average molecular weight is 765 g/mol. The van der Waals surface area contributed by atoms with E-state index in [2.05, 4.69) is 30.6 Å². The Bertz CT molecular complexity index is 1960. The van der Waals surface area contributed by atoms with Crippen molar-refractivity contribution in [3.8, 4) is 22.5 Å². The number of nitrogens with two attached hydrogens (primary N) is 1. The van der Waals surface area contributed by atoms with E-state index in [0.717, 1.165) is 9.36 Å². The van der Waals surface area contributed by atoms with Gasteiger partial charge in [-0.1, -0.05) is 23.2 Å². The van der Waals surface area contributed by atoms with Gasteiger partial charge < -0.3 is 5.73 Å². The molecule has 0 radical (unpaired) electrons. The smallest absolute Gasteiger partial charge is 0.325 e. The highest BCUT2D eigenvalue weighted by atomic mass is 35.5. The van der Waals surface area contributed by atoms with Crippen LogP contribution in [0.5, 0.6) is 0 Å². The van der Waals surface area contributed by atoms with E-state index in [0.29, 0.717) is 44.5 Å². The molecule has 10 nitrogen and oxygen atoms in total. The van der Waals surface area contributed by atoms with Crippen molar-refractivity contribution in [3.05, 3.63) is 92.2 Å². The zero-order valence-corrected chi connectivity index (χ0v) is 29.2. The van der Waals surface area contributed by atoms with Crippen molar-refractivity contribution in [2.24, 2.45) is 19.8 Å². The minimum Gasteiger partial charge on any atom is -0.325 e. The second-order valence-corrected chi connectivity index (χ2v) is 11.9. The minimum atomic E-state index is -4.60. The zero-order valence-electron chi connectivity index (χ0n) is 26.9. The van der Waals surface area contributed by atoms with Crippen molar-refractivity contribution in [2.75, 3.05) is 0 Å². The Morgan fingerprint density at radius 3 is 1.60 bits per heavy atom. The molecular weight excluding hydrogens is 735 g/mol. The molecule has 0 unspecified atom stereocenters. The Kier molecular flexibility index (Phi) is 13.1. The molecule has 0 aliphatic carbocycles. The zero-order chi connectivity index (χ0) is 36.3. The van der Waals surface area contributed by atoms with Gasteiger partial charge in [-0.25, -0.2) is 0 Å². The van der Waals surface area contributed by atoms with Gasteiger partial charge in [0.05, 0.1) is 33.9 Å². The van der Waals surface area contributed by atoms with Crippen molar-refractivity contribution >= 4 is 41.4 Å². The molecule has 268 valence electrons. The highest BCUT2D eigenvalue weighted by Gasteiger charge is 2.39. The number of aryl methyl sites for hydroxylation is 5. The summed E-state index contributed by atoms with van der Waals surface area (Å²) in [5.41, 5.74) is 6.36. The molecule has 4 aromatic heterocycles. The summed E-state index contributed by atoms with van der Waals surface area (Å²) in [6.07, 6.45) is -5.88. The maximum atomic E-state index is 13.2. The Hall–Kier alpha value is -4.12. The second-order valence-electron chi connectivity index (χ2n) is 11.1. The van der Waals surface area contributed by atoms with Crippen LogP contribution >= 0.6 is 35.6 Å². The predicted molar refractivity (Wildman–Crippen MR) is 177 cm³/mol. The lowest BCUT2D eigenvalue weighted by Gasteiger charge is -2.08.